The molecule has 0 saturated carbocycles. The van der Waals surface area contributed by atoms with Gasteiger partial charge < -0.3 is 9.80 Å². The van der Waals surface area contributed by atoms with Crippen LogP contribution >= 0.6 is 0 Å². The van der Waals surface area contributed by atoms with Crippen LogP contribution in [0.1, 0.15) is 22.3 Å². The summed E-state index contributed by atoms with van der Waals surface area (Å²) >= 11 is 0. The summed E-state index contributed by atoms with van der Waals surface area (Å²) < 4.78 is 0. The smallest absolute Gasteiger partial charge is 0.0713 e. The van der Waals surface area contributed by atoms with Crippen molar-refractivity contribution < 1.29 is 0 Å². The van der Waals surface area contributed by atoms with Gasteiger partial charge in [-0.2, -0.15) is 0 Å². The Morgan fingerprint density at radius 1 is 0.237 bits per heavy atom. The van der Waals surface area contributed by atoms with E-state index in [4.69, 9.17) is 0 Å². The quantitative estimate of drug-likeness (QED) is 0.152. The summed E-state index contributed by atoms with van der Waals surface area (Å²) in [6, 6.07) is 88.5. The van der Waals surface area contributed by atoms with Crippen LogP contribution in [0, 0.1) is 0 Å². The molecule has 0 heterocycles. The van der Waals surface area contributed by atoms with Crippen LogP contribution in [0.5, 0.6) is 0 Å². The zero-order valence-corrected chi connectivity index (χ0v) is 32.5. The van der Waals surface area contributed by atoms with E-state index in [9.17, 15) is 0 Å². The molecule has 0 spiro atoms. The Kier molecular flexibility index (Phi) is 8.41. The first kappa shape index (κ1) is 34.6. The van der Waals surface area contributed by atoms with Crippen molar-refractivity contribution in [1.29, 1.82) is 0 Å². The molecule has 59 heavy (non-hydrogen) atoms. The highest BCUT2D eigenvalue weighted by molar-refractivity contribution is 5.92. The Hall–Kier alpha value is -7.68. The minimum Gasteiger partial charge on any atom is -0.310 e. The Morgan fingerprint density at radius 2 is 0.559 bits per heavy atom. The molecule has 10 aromatic carbocycles. The lowest BCUT2D eigenvalue weighted by Crippen LogP contribution is -2.28. The second-order valence-corrected chi connectivity index (χ2v) is 15.3. The van der Waals surface area contributed by atoms with Gasteiger partial charge in [-0.15, -0.1) is 0 Å². The van der Waals surface area contributed by atoms with E-state index < -0.39 is 5.41 Å². The van der Waals surface area contributed by atoms with Crippen LogP contribution in [0.3, 0.4) is 0 Å². The fourth-order valence-electron chi connectivity index (χ4n) is 9.42. The number of rotatable bonds is 8. The van der Waals surface area contributed by atoms with Gasteiger partial charge in [0.1, 0.15) is 0 Å². The molecular formula is C57H40N2. The molecule has 10 aromatic rings. The zero-order valence-electron chi connectivity index (χ0n) is 32.5. The molecule has 0 bridgehead atoms. The minimum absolute atomic E-state index is 0.536. The summed E-state index contributed by atoms with van der Waals surface area (Å²) in [5.41, 5.74) is 13.8. The summed E-state index contributed by atoms with van der Waals surface area (Å²) in [7, 11) is 0. The Bertz CT molecular complexity index is 2880. The molecule has 0 saturated heterocycles. The summed E-state index contributed by atoms with van der Waals surface area (Å²) in [5, 5.41) is 4.90. The Morgan fingerprint density at radius 3 is 0.983 bits per heavy atom. The SMILES string of the molecule is c1ccc(N(c2ccc(C3(c4ccc(N(c5ccccc5)c5ccc6ccccc6c5)cc4)c4ccccc4-c4ccccc43)cc2)c2ccc3ccccc3c2)cc1. The second-order valence-electron chi connectivity index (χ2n) is 15.3. The van der Waals surface area contributed by atoms with Crippen molar-refractivity contribution in [3.8, 4) is 11.1 Å². The molecule has 11 rings (SSSR count). The van der Waals surface area contributed by atoms with Crippen molar-refractivity contribution in [2.45, 2.75) is 5.41 Å². The van der Waals surface area contributed by atoms with Gasteiger partial charge >= 0.3 is 0 Å². The zero-order chi connectivity index (χ0) is 39.2. The van der Waals surface area contributed by atoms with Gasteiger partial charge in [0.25, 0.3) is 0 Å². The predicted molar refractivity (Wildman–Crippen MR) is 248 cm³/mol. The van der Waals surface area contributed by atoms with E-state index in [2.05, 4.69) is 252 Å². The van der Waals surface area contributed by atoms with E-state index in [1.54, 1.807) is 0 Å². The molecule has 0 amide bonds. The lowest BCUT2D eigenvalue weighted by molar-refractivity contribution is 0.768. The monoisotopic (exact) mass is 752 g/mol. The third kappa shape index (κ3) is 5.80. The highest BCUT2D eigenvalue weighted by Gasteiger charge is 2.46. The fourth-order valence-corrected chi connectivity index (χ4v) is 9.42. The first-order chi connectivity index (χ1) is 29.3. The highest BCUT2D eigenvalue weighted by Crippen LogP contribution is 2.56. The molecule has 0 atom stereocenters. The van der Waals surface area contributed by atoms with E-state index in [0.717, 1.165) is 34.1 Å². The van der Waals surface area contributed by atoms with E-state index in [1.807, 2.05) is 0 Å². The van der Waals surface area contributed by atoms with Crippen molar-refractivity contribution in [2.24, 2.45) is 0 Å². The number of anilines is 6. The number of hydrogen-bond donors (Lipinski definition) is 0. The van der Waals surface area contributed by atoms with Gasteiger partial charge in [0.05, 0.1) is 5.41 Å². The molecule has 0 unspecified atom stereocenters. The topological polar surface area (TPSA) is 6.48 Å². The molecule has 0 aromatic heterocycles. The maximum atomic E-state index is 2.36. The molecule has 1 aliphatic carbocycles. The van der Waals surface area contributed by atoms with E-state index in [-0.39, 0.29) is 0 Å². The first-order valence-corrected chi connectivity index (χ1v) is 20.3. The van der Waals surface area contributed by atoms with Crippen LogP contribution in [0.4, 0.5) is 34.1 Å². The lowest BCUT2D eigenvalue weighted by atomic mass is 9.67. The standard InChI is InChI=1S/C57H40N2/c1-3-19-47(20-4-1)58(51-33-27-41-15-7-9-17-43(41)39-51)49-35-29-45(30-36-49)57(55-25-13-11-23-53(55)54-24-12-14-26-56(54)57)46-31-37-50(38-32-46)59(48-21-5-2-6-22-48)52-34-28-42-16-8-10-18-44(42)40-52/h1-40H. The van der Waals surface area contributed by atoms with Gasteiger partial charge in [0.15, 0.2) is 0 Å². The van der Waals surface area contributed by atoms with Crippen molar-refractivity contribution in [1.82, 2.24) is 0 Å². The summed E-state index contributed by atoms with van der Waals surface area (Å²) in [6.07, 6.45) is 0. The largest absolute Gasteiger partial charge is 0.310 e. The van der Waals surface area contributed by atoms with E-state index >= 15 is 0 Å². The van der Waals surface area contributed by atoms with Gasteiger partial charge in [-0.25, -0.2) is 0 Å². The summed E-state index contributed by atoms with van der Waals surface area (Å²) in [4.78, 5) is 4.72. The molecule has 278 valence electrons. The first-order valence-electron chi connectivity index (χ1n) is 20.3. The Balaban J connectivity index is 1.07. The van der Waals surface area contributed by atoms with E-state index in [1.165, 1.54) is 54.9 Å². The highest BCUT2D eigenvalue weighted by atomic mass is 15.1. The second kappa shape index (κ2) is 14.4. The van der Waals surface area contributed by atoms with Crippen LogP contribution in [0.2, 0.25) is 0 Å². The molecule has 2 heteroatoms. The van der Waals surface area contributed by atoms with Crippen LogP contribution in [-0.2, 0) is 5.41 Å². The van der Waals surface area contributed by atoms with Crippen LogP contribution in [0.25, 0.3) is 32.7 Å². The number of benzene rings is 10. The predicted octanol–water partition coefficient (Wildman–Crippen LogP) is 15.3. The van der Waals surface area contributed by atoms with Crippen molar-refractivity contribution in [3.63, 3.8) is 0 Å². The van der Waals surface area contributed by atoms with Crippen molar-refractivity contribution >= 4 is 55.7 Å². The van der Waals surface area contributed by atoms with Gasteiger partial charge in [0.2, 0.25) is 0 Å². The van der Waals surface area contributed by atoms with Crippen molar-refractivity contribution in [3.05, 3.63) is 265 Å². The minimum atomic E-state index is -0.536. The molecule has 0 N–H and O–H groups in total. The molecular weight excluding hydrogens is 713 g/mol. The third-order valence-corrected chi connectivity index (χ3v) is 12.1. The average molecular weight is 753 g/mol. The summed E-state index contributed by atoms with van der Waals surface area (Å²) in [6.45, 7) is 0. The maximum Gasteiger partial charge on any atom is 0.0713 e. The maximum absolute atomic E-state index is 2.36. The summed E-state index contributed by atoms with van der Waals surface area (Å²) in [5.74, 6) is 0. The van der Waals surface area contributed by atoms with Gasteiger partial charge in [0, 0.05) is 34.1 Å². The number of para-hydroxylation sites is 2. The van der Waals surface area contributed by atoms with Crippen molar-refractivity contribution in [2.75, 3.05) is 9.80 Å². The molecule has 2 nitrogen and oxygen atoms in total. The average Bonchev–Trinajstić information content (AvgIpc) is 3.61. The van der Waals surface area contributed by atoms with Crippen LogP contribution in [-0.4, -0.2) is 0 Å². The fraction of sp³-hybridized carbons (Fsp3) is 0.0175. The molecule has 0 radical (unpaired) electrons. The molecule has 0 fully saturated rings. The van der Waals surface area contributed by atoms with Gasteiger partial charge in [-0.3, -0.25) is 0 Å². The Labute approximate surface area is 345 Å². The van der Waals surface area contributed by atoms with E-state index in [0.29, 0.717) is 0 Å². The van der Waals surface area contributed by atoms with Crippen LogP contribution in [0.15, 0.2) is 243 Å². The molecule has 1 aliphatic rings. The lowest BCUT2D eigenvalue weighted by Gasteiger charge is -2.35. The number of nitrogens with zero attached hydrogens (tertiary/aromatic N) is 2. The van der Waals surface area contributed by atoms with Crippen LogP contribution < -0.4 is 9.80 Å². The third-order valence-electron chi connectivity index (χ3n) is 12.1. The van der Waals surface area contributed by atoms with Gasteiger partial charge in [-0.1, -0.05) is 170 Å². The number of hydrogen-bond acceptors (Lipinski definition) is 2. The molecule has 0 aliphatic heterocycles. The van der Waals surface area contributed by atoms with Gasteiger partial charge in [-0.05, 0) is 128 Å². The number of fused-ring (bicyclic) bond motifs is 5. The normalized spacial score (nSPS) is 12.5.